The number of nitrogens with zero attached hydrogens (tertiary/aromatic N) is 1. The Hall–Kier alpha value is -3.40. The number of anilines is 1. The van der Waals surface area contributed by atoms with Gasteiger partial charge in [-0.05, 0) is 60.7 Å². The average Bonchev–Trinajstić information content (AvgIpc) is 2.78. The highest BCUT2D eigenvalue weighted by molar-refractivity contribution is 6.14. The Bertz CT molecular complexity index is 1140. The van der Waals surface area contributed by atoms with Crippen LogP contribution in [0.3, 0.4) is 0 Å². The molecule has 0 saturated carbocycles. The SMILES string of the molecule is CCc1cccc(N2C(=O)c3ccccc3CC2(C)C(=O)NCc2ccccc2C)c1. The van der Waals surface area contributed by atoms with E-state index in [0.29, 0.717) is 18.5 Å². The molecule has 4 heteroatoms. The Morgan fingerprint density at radius 1 is 1.03 bits per heavy atom. The maximum Gasteiger partial charge on any atom is 0.259 e. The first-order valence-electron chi connectivity index (χ1n) is 10.8. The number of hydrogen-bond donors (Lipinski definition) is 1. The molecule has 4 nitrogen and oxygen atoms in total. The minimum absolute atomic E-state index is 0.136. The fourth-order valence-corrected chi connectivity index (χ4v) is 4.35. The van der Waals surface area contributed by atoms with Gasteiger partial charge in [-0.1, -0.05) is 61.5 Å². The highest BCUT2D eigenvalue weighted by Crippen LogP contribution is 2.36. The Morgan fingerprint density at radius 2 is 1.77 bits per heavy atom. The molecule has 0 aliphatic carbocycles. The van der Waals surface area contributed by atoms with Crippen LogP contribution in [-0.2, 0) is 24.2 Å². The van der Waals surface area contributed by atoms with Gasteiger partial charge in [0.05, 0.1) is 0 Å². The summed E-state index contributed by atoms with van der Waals surface area (Å²) >= 11 is 0. The number of carbonyl (C=O) groups is 2. The van der Waals surface area contributed by atoms with Crippen molar-refractivity contribution >= 4 is 17.5 Å². The van der Waals surface area contributed by atoms with Crippen molar-refractivity contribution in [3.8, 4) is 0 Å². The number of benzene rings is 3. The molecule has 2 amide bonds. The molecular weight excluding hydrogens is 384 g/mol. The average molecular weight is 413 g/mol. The van der Waals surface area contributed by atoms with Crippen molar-refractivity contribution in [3.05, 3.63) is 101 Å². The third-order valence-electron chi connectivity index (χ3n) is 6.25. The number of aryl methyl sites for hydroxylation is 2. The van der Waals surface area contributed by atoms with Crippen LogP contribution in [0, 0.1) is 6.92 Å². The minimum Gasteiger partial charge on any atom is -0.350 e. The summed E-state index contributed by atoms with van der Waals surface area (Å²) in [5.41, 5.74) is 4.63. The largest absolute Gasteiger partial charge is 0.350 e. The van der Waals surface area contributed by atoms with Crippen LogP contribution in [-0.4, -0.2) is 17.4 Å². The summed E-state index contributed by atoms with van der Waals surface area (Å²) in [5, 5.41) is 3.10. The van der Waals surface area contributed by atoms with Crippen molar-refractivity contribution in [2.24, 2.45) is 0 Å². The van der Waals surface area contributed by atoms with Crippen LogP contribution in [0.25, 0.3) is 0 Å². The van der Waals surface area contributed by atoms with Gasteiger partial charge in [0.15, 0.2) is 0 Å². The molecule has 1 unspecified atom stereocenters. The van der Waals surface area contributed by atoms with Crippen LogP contribution in [0.5, 0.6) is 0 Å². The number of rotatable bonds is 5. The van der Waals surface area contributed by atoms with Crippen molar-refractivity contribution in [2.75, 3.05) is 4.90 Å². The number of nitrogens with one attached hydrogen (secondary N) is 1. The van der Waals surface area contributed by atoms with E-state index in [1.54, 1.807) is 4.90 Å². The Morgan fingerprint density at radius 3 is 2.55 bits per heavy atom. The highest BCUT2D eigenvalue weighted by Gasteiger charge is 2.47. The van der Waals surface area contributed by atoms with E-state index in [4.69, 9.17) is 0 Å². The van der Waals surface area contributed by atoms with E-state index in [1.165, 1.54) is 0 Å². The van der Waals surface area contributed by atoms with Crippen molar-refractivity contribution in [1.29, 1.82) is 0 Å². The molecule has 4 rings (SSSR count). The van der Waals surface area contributed by atoms with E-state index >= 15 is 0 Å². The van der Waals surface area contributed by atoms with Crippen LogP contribution < -0.4 is 10.2 Å². The first-order valence-corrected chi connectivity index (χ1v) is 10.8. The predicted octanol–water partition coefficient (Wildman–Crippen LogP) is 4.84. The number of amides is 2. The summed E-state index contributed by atoms with van der Waals surface area (Å²) in [6.45, 7) is 6.42. The van der Waals surface area contributed by atoms with Gasteiger partial charge >= 0.3 is 0 Å². The lowest BCUT2D eigenvalue weighted by atomic mass is 9.82. The molecule has 0 fully saturated rings. The Labute approximate surface area is 183 Å². The molecule has 158 valence electrons. The molecule has 1 heterocycles. The zero-order valence-electron chi connectivity index (χ0n) is 18.3. The quantitative estimate of drug-likeness (QED) is 0.652. The van der Waals surface area contributed by atoms with Gasteiger partial charge in [0.25, 0.3) is 5.91 Å². The highest BCUT2D eigenvalue weighted by atomic mass is 16.2. The second-order valence-electron chi connectivity index (χ2n) is 8.38. The molecular formula is C27H28N2O2. The van der Waals surface area contributed by atoms with Gasteiger partial charge in [-0.15, -0.1) is 0 Å². The maximum absolute atomic E-state index is 13.6. The summed E-state index contributed by atoms with van der Waals surface area (Å²) in [4.78, 5) is 28.9. The van der Waals surface area contributed by atoms with Crippen LogP contribution in [0.1, 0.15) is 46.5 Å². The van der Waals surface area contributed by atoms with E-state index in [9.17, 15) is 9.59 Å². The lowest BCUT2D eigenvalue weighted by Crippen LogP contribution is -2.63. The van der Waals surface area contributed by atoms with Gasteiger partial charge in [-0.25, -0.2) is 0 Å². The molecule has 1 aliphatic heterocycles. The van der Waals surface area contributed by atoms with Crippen LogP contribution in [0.4, 0.5) is 5.69 Å². The van der Waals surface area contributed by atoms with E-state index < -0.39 is 5.54 Å². The first kappa shape index (κ1) is 20.9. The second kappa shape index (κ2) is 8.38. The van der Waals surface area contributed by atoms with E-state index in [1.807, 2.05) is 86.6 Å². The van der Waals surface area contributed by atoms with Gasteiger partial charge in [0.2, 0.25) is 5.91 Å². The summed E-state index contributed by atoms with van der Waals surface area (Å²) in [5.74, 6) is -0.288. The molecule has 0 saturated heterocycles. The molecule has 1 N–H and O–H groups in total. The van der Waals surface area contributed by atoms with Gasteiger partial charge in [-0.2, -0.15) is 0 Å². The predicted molar refractivity (Wildman–Crippen MR) is 124 cm³/mol. The summed E-state index contributed by atoms with van der Waals surface area (Å²) < 4.78 is 0. The third kappa shape index (κ3) is 3.86. The smallest absolute Gasteiger partial charge is 0.259 e. The second-order valence-corrected chi connectivity index (χ2v) is 8.38. The minimum atomic E-state index is -1.03. The van der Waals surface area contributed by atoms with Gasteiger partial charge in [0, 0.05) is 24.2 Å². The lowest BCUT2D eigenvalue weighted by molar-refractivity contribution is -0.126. The molecule has 0 radical (unpaired) electrons. The Kier molecular flexibility index (Phi) is 5.64. The molecule has 0 spiro atoms. The normalized spacial score (nSPS) is 17.9. The van der Waals surface area contributed by atoms with Crippen molar-refractivity contribution in [3.63, 3.8) is 0 Å². The molecule has 3 aromatic rings. The van der Waals surface area contributed by atoms with Crippen molar-refractivity contribution < 1.29 is 9.59 Å². The monoisotopic (exact) mass is 412 g/mol. The van der Waals surface area contributed by atoms with Gasteiger partial charge in [-0.3, -0.25) is 14.5 Å². The fraction of sp³-hybridized carbons (Fsp3) is 0.259. The van der Waals surface area contributed by atoms with E-state index in [-0.39, 0.29) is 11.8 Å². The third-order valence-corrected chi connectivity index (χ3v) is 6.25. The van der Waals surface area contributed by atoms with Gasteiger partial charge in [0.1, 0.15) is 5.54 Å². The van der Waals surface area contributed by atoms with Crippen molar-refractivity contribution in [1.82, 2.24) is 5.32 Å². The number of hydrogen-bond acceptors (Lipinski definition) is 2. The zero-order chi connectivity index (χ0) is 22.0. The fourth-order valence-electron chi connectivity index (χ4n) is 4.35. The van der Waals surface area contributed by atoms with Crippen molar-refractivity contribution in [2.45, 2.75) is 45.7 Å². The molecule has 0 aromatic heterocycles. The van der Waals surface area contributed by atoms with Crippen LogP contribution in [0.15, 0.2) is 72.8 Å². The molecule has 31 heavy (non-hydrogen) atoms. The first-order chi connectivity index (χ1) is 14.9. The summed E-state index contributed by atoms with van der Waals surface area (Å²) in [6.07, 6.45) is 1.33. The number of carbonyl (C=O) groups excluding carboxylic acids is 2. The Balaban J connectivity index is 1.73. The van der Waals surface area contributed by atoms with E-state index in [0.717, 1.165) is 34.4 Å². The summed E-state index contributed by atoms with van der Waals surface area (Å²) in [7, 11) is 0. The maximum atomic E-state index is 13.6. The molecule has 0 bridgehead atoms. The number of fused-ring (bicyclic) bond motifs is 1. The van der Waals surface area contributed by atoms with Crippen LogP contribution >= 0.6 is 0 Å². The summed E-state index contributed by atoms with van der Waals surface area (Å²) in [6, 6.07) is 23.5. The standard InChI is InChI=1S/C27H28N2O2/c1-4-20-11-9-14-23(16-20)29-25(30)24-15-8-7-12-21(24)17-27(29,3)26(31)28-18-22-13-6-5-10-19(22)2/h5-16H,4,17-18H2,1-3H3,(H,28,31). The molecule has 1 aliphatic rings. The zero-order valence-corrected chi connectivity index (χ0v) is 18.3. The van der Waals surface area contributed by atoms with E-state index in [2.05, 4.69) is 12.2 Å². The topological polar surface area (TPSA) is 49.4 Å². The van der Waals surface area contributed by atoms with Gasteiger partial charge < -0.3 is 5.32 Å². The van der Waals surface area contributed by atoms with Crippen LogP contribution in [0.2, 0.25) is 0 Å². The lowest BCUT2D eigenvalue weighted by Gasteiger charge is -2.44. The molecule has 1 atom stereocenters. The molecule has 3 aromatic carbocycles.